The molecule has 0 N–H and O–H groups in total. The first kappa shape index (κ1) is 12.2. The zero-order chi connectivity index (χ0) is 12.4. The van der Waals surface area contributed by atoms with Crippen molar-refractivity contribution in [2.24, 2.45) is 5.92 Å². The molecule has 0 radical (unpaired) electrons. The van der Waals surface area contributed by atoms with E-state index < -0.39 is 0 Å². The number of benzene rings is 1. The van der Waals surface area contributed by atoms with Gasteiger partial charge >= 0.3 is 0 Å². The Hall–Kier alpha value is -1.31. The summed E-state index contributed by atoms with van der Waals surface area (Å²) in [5, 5.41) is 0. The SMILES string of the molecule is COc1ccc2c(c1)C(C(=O)C(C)C)CCC2. The van der Waals surface area contributed by atoms with Gasteiger partial charge in [0.05, 0.1) is 7.11 Å². The lowest BCUT2D eigenvalue weighted by Gasteiger charge is -2.26. The average molecular weight is 232 g/mol. The number of fused-ring (bicyclic) bond motifs is 1. The van der Waals surface area contributed by atoms with E-state index in [1.807, 2.05) is 26.0 Å². The lowest BCUT2D eigenvalue weighted by atomic mass is 9.78. The predicted octanol–water partition coefficient (Wildman–Crippen LogP) is 3.34. The van der Waals surface area contributed by atoms with Gasteiger partial charge in [-0.2, -0.15) is 0 Å². The number of hydrogen-bond donors (Lipinski definition) is 0. The first-order valence-electron chi connectivity index (χ1n) is 6.34. The van der Waals surface area contributed by atoms with Crippen LogP contribution in [0.2, 0.25) is 0 Å². The van der Waals surface area contributed by atoms with Crippen LogP contribution >= 0.6 is 0 Å². The zero-order valence-electron chi connectivity index (χ0n) is 10.8. The highest BCUT2D eigenvalue weighted by Gasteiger charge is 2.28. The largest absolute Gasteiger partial charge is 0.497 e. The maximum atomic E-state index is 12.2. The zero-order valence-corrected chi connectivity index (χ0v) is 10.8. The summed E-state index contributed by atoms with van der Waals surface area (Å²) < 4.78 is 5.26. The molecule has 1 aromatic rings. The Morgan fingerprint density at radius 1 is 1.41 bits per heavy atom. The maximum absolute atomic E-state index is 12.2. The summed E-state index contributed by atoms with van der Waals surface area (Å²) in [6, 6.07) is 6.13. The molecule has 0 fully saturated rings. The highest BCUT2D eigenvalue weighted by Crippen LogP contribution is 2.35. The number of aryl methyl sites for hydroxylation is 1. The van der Waals surface area contributed by atoms with E-state index >= 15 is 0 Å². The van der Waals surface area contributed by atoms with E-state index in [9.17, 15) is 4.79 Å². The van der Waals surface area contributed by atoms with Crippen molar-refractivity contribution < 1.29 is 9.53 Å². The standard InChI is InChI=1S/C15H20O2/c1-10(2)15(16)13-6-4-5-11-7-8-12(17-3)9-14(11)13/h7-10,13H,4-6H2,1-3H3. The Bertz CT molecular complexity index is 421. The number of rotatable bonds is 3. The third kappa shape index (κ3) is 2.36. The van der Waals surface area contributed by atoms with Gasteiger partial charge in [-0.1, -0.05) is 19.9 Å². The number of ketones is 1. The number of hydrogen-bond acceptors (Lipinski definition) is 2. The van der Waals surface area contributed by atoms with Gasteiger partial charge in [-0.05, 0) is 42.5 Å². The van der Waals surface area contributed by atoms with Crippen LogP contribution in [0.25, 0.3) is 0 Å². The molecule has 0 saturated carbocycles. The van der Waals surface area contributed by atoms with Crippen LogP contribution in [0.3, 0.4) is 0 Å². The van der Waals surface area contributed by atoms with Crippen LogP contribution < -0.4 is 4.74 Å². The summed E-state index contributed by atoms with van der Waals surface area (Å²) >= 11 is 0. The summed E-state index contributed by atoms with van der Waals surface area (Å²) in [6.45, 7) is 3.97. The molecule has 1 aromatic carbocycles. The summed E-state index contributed by atoms with van der Waals surface area (Å²) in [5.74, 6) is 1.40. The molecule has 0 bridgehead atoms. The molecule has 0 saturated heterocycles. The van der Waals surface area contributed by atoms with Crippen LogP contribution in [-0.4, -0.2) is 12.9 Å². The fraction of sp³-hybridized carbons (Fsp3) is 0.533. The van der Waals surface area contributed by atoms with Crippen molar-refractivity contribution in [1.29, 1.82) is 0 Å². The number of ether oxygens (including phenoxy) is 1. The van der Waals surface area contributed by atoms with Crippen LogP contribution in [-0.2, 0) is 11.2 Å². The molecule has 0 aromatic heterocycles. The third-order valence-electron chi connectivity index (χ3n) is 3.58. The van der Waals surface area contributed by atoms with Crippen LogP contribution in [0, 0.1) is 5.92 Å². The molecule has 92 valence electrons. The lowest BCUT2D eigenvalue weighted by molar-refractivity contribution is -0.123. The van der Waals surface area contributed by atoms with Crippen LogP contribution in [0.5, 0.6) is 5.75 Å². The van der Waals surface area contributed by atoms with Gasteiger partial charge in [0.2, 0.25) is 0 Å². The normalized spacial score (nSPS) is 18.9. The topological polar surface area (TPSA) is 26.3 Å². The van der Waals surface area contributed by atoms with E-state index in [2.05, 4.69) is 6.07 Å². The molecule has 1 atom stereocenters. The minimum atomic E-state index is 0.0776. The van der Waals surface area contributed by atoms with Gasteiger partial charge in [0.15, 0.2) is 0 Å². The highest BCUT2D eigenvalue weighted by atomic mass is 16.5. The van der Waals surface area contributed by atoms with Gasteiger partial charge in [0.25, 0.3) is 0 Å². The molecule has 0 heterocycles. The van der Waals surface area contributed by atoms with Gasteiger partial charge in [-0.3, -0.25) is 4.79 Å². The molecular weight excluding hydrogens is 212 g/mol. The fourth-order valence-electron chi connectivity index (χ4n) is 2.60. The van der Waals surface area contributed by atoms with Gasteiger partial charge < -0.3 is 4.74 Å². The van der Waals surface area contributed by atoms with Crippen LogP contribution in [0.1, 0.15) is 43.7 Å². The van der Waals surface area contributed by atoms with Crippen molar-refractivity contribution in [2.75, 3.05) is 7.11 Å². The highest BCUT2D eigenvalue weighted by molar-refractivity contribution is 5.88. The number of Topliss-reactive ketones (excluding diaryl/α,β-unsaturated/α-hetero) is 1. The molecule has 1 unspecified atom stereocenters. The van der Waals surface area contributed by atoms with E-state index in [4.69, 9.17) is 4.74 Å². The summed E-state index contributed by atoms with van der Waals surface area (Å²) in [6.07, 6.45) is 3.18. The number of carbonyl (C=O) groups is 1. The lowest BCUT2D eigenvalue weighted by Crippen LogP contribution is -2.22. The van der Waals surface area contributed by atoms with E-state index in [0.717, 1.165) is 25.0 Å². The molecule has 0 amide bonds. The van der Waals surface area contributed by atoms with Crippen molar-refractivity contribution in [3.8, 4) is 5.75 Å². The average Bonchev–Trinajstić information content (AvgIpc) is 2.36. The molecule has 0 spiro atoms. The maximum Gasteiger partial charge on any atom is 0.142 e. The summed E-state index contributed by atoms with van der Waals surface area (Å²) in [7, 11) is 1.67. The molecule has 2 nitrogen and oxygen atoms in total. The molecule has 1 aliphatic carbocycles. The molecule has 0 aliphatic heterocycles. The van der Waals surface area contributed by atoms with Crippen molar-refractivity contribution >= 4 is 5.78 Å². The van der Waals surface area contributed by atoms with E-state index in [1.54, 1.807) is 7.11 Å². The number of carbonyl (C=O) groups excluding carboxylic acids is 1. The van der Waals surface area contributed by atoms with Crippen LogP contribution in [0.15, 0.2) is 18.2 Å². The minimum Gasteiger partial charge on any atom is -0.497 e. The molecule has 17 heavy (non-hydrogen) atoms. The fourth-order valence-corrected chi connectivity index (χ4v) is 2.60. The van der Waals surface area contributed by atoms with Crippen molar-refractivity contribution in [3.63, 3.8) is 0 Å². The predicted molar refractivity (Wildman–Crippen MR) is 68.5 cm³/mol. The van der Waals surface area contributed by atoms with Gasteiger partial charge in [0, 0.05) is 11.8 Å². The first-order chi connectivity index (χ1) is 8.13. The second kappa shape index (κ2) is 4.91. The summed E-state index contributed by atoms with van der Waals surface area (Å²) in [4.78, 5) is 12.2. The first-order valence-corrected chi connectivity index (χ1v) is 6.34. The Labute approximate surface area is 103 Å². The Kier molecular flexibility index (Phi) is 3.51. The second-order valence-electron chi connectivity index (χ2n) is 5.07. The monoisotopic (exact) mass is 232 g/mol. The van der Waals surface area contributed by atoms with Gasteiger partial charge in [-0.15, -0.1) is 0 Å². The van der Waals surface area contributed by atoms with E-state index in [1.165, 1.54) is 11.1 Å². The van der Waals surface area contributed by atoms with Gasteiger partial charge in [-0.25, -0.2) is 0 Å². The van der Waals surface area contributed by atoms with Crippen molar-refractivity contribution in [3.05, 3.63) is 29.3 Å². The van der Waals surface area contributed by atoms with E-state index in [0.29, 0.717) is 5.78 Å². The number of methoxy groups -OCH3 is 1. The Morgan fingerprint density at radius 2 is 2.18 bits per heavy atom. The van der Waals surface area contributed by atoms with Crippen molar-refractivity contribution in [2.45, 2.75) is 39.0 Å². The van der Waals surface area contributed by atoms with Crippen molar-refractivity contribution in [1.82, 2.24) is 0 Å². The molecule has 1 aliphatic rings. The molecule has 2 heteroatoms. The molecule has 2 rings (SSSR count). The van der Waals surface area contributed by atoms with Crippen LogP contribution in [0.4, 0.5) is 0 Å². The van der Waals surface area contributed by atoms with E-state index in [-0.39, 0.29) is 11.8 Å². The Morgan fingerprint density at radius 3 is 2.82 bits per heavy atom. The van der Waals surface area contributed by atoms with Gasteiger partial charge in [0.1, 0.15) is 11.5 Å². The Balaban J connectivity index is 2.38. The molecular formula is C15H20O2. The quantitative estimate of drug-likeness (QED) is 0.799. The second-order valence-corrected chi connectivity index (χ2v) is 5.07. The third-order valence-corrected chi connectivity index (χ3v) is 3.58. The minimum absolute atomic E-state index is 0.0776. The summed E-state index contributed by atoms with van der Waals surface area (Å²) in [5.41, 5.74) is 2.50. The smallest absolute Gasteiger partial charge is 0.142 e.